The first-order chi connectivity index (χ1) is 8.54. The summed E-state index contributed by atoms with van der Waals surface area (Å²) in [4.78, 5) is 10.7. The molecule has 1 N–H and O–H groups in total. The first kappa shape index (κ1) is 12.8. The van der Waals surface area contributed by atoms with Gasteiger partial charge in [-0.2, -0.15) is 0 Å². The fourth-order valence-corrected chi connectivity index (χ4v) is 2.46. The number of rotatable bonds is 4. The van der Waals surface area contributed by atoms with E-state index in [4.69, 9.17) is 21.4 Å². The number of aliphatic carboxylic acids is 1. The van der Waals surface area contributed by atoms with Crippen molar-refractivity contribution in [3.63, 3.8) is 0 Å². The van der Waals surface area contributed by atoms with E-state index in [-0.39, 0.29) is 6.42 Å². The number of benzene rings is 1. The van der Waals surface area contributed by atoms with Crippen LogP contribution in [0.5, 0.6) is 5.75 Å². The summed E-state index contributed by atoms with van der Waals surface area (Å²) < 4.78 is 7.22. The Balaban J connectivity index is 2.60. The first-order valence-corrected chi connectivity index (χ1v) is 5.94. The van der Waals surface area contributed by atoms with Crippen LogP contribution in [0.4, 0.5) is 0 Å². The van der Waals surface area contributed by atoms with Crippen LogP contribution in [0.2, 0.25) is 5.02 Å². The van der Waals surface area contributed by atoms with Crippen LogP contribution >= 0.6 is 11.6 Å². The molecule has 1 aromatic heterocycles. The molecule has 0 aliphatic rings. The fraction of sp³-hybridized carbons (Fsp3) is 0.308. The van der Waals surface area contributed by atoms with Crippen LogP contribution in [-0.2, 0) is 18.3 Å². The molecule has 4 nitrogen and oxygen atoms in total. The lowest BCUT2D eigenvalue weighted by molar-refractivity contribution is -0.136. The van der Waals surface area contributed by atoms with Gasteiger partial charge in [-0.05, 0) is 24.1 Å². The van der Waals surface area contributed by atoms with E-state index in [2.05, 4.69) is 0 Å². The molecule has 0 radical (unpaired) electrons. The molecule has 0 bridgehead atoms. The van der Waals surface area contributed by atoms with E-state index in [9.17, 15) is 4.79 Å². The molecule has 0 unspecified atom stereocenters. The van der Waals surface area contributed by atoms with Crippen molar-refractivity contribution >= 4 is 28.5 Å². The number of aromatic nitrogens is 1. The Kier molecular flexibility index (Phi) is 3.48. The molecule has 0 spiro atoms. The van der Waals surface area contributed by atoms with E-state index in [1.54, 1.807) is 19.2 Å². The Labute approximate surface area is 110 Å². The predicted molar refractivity (Wildman–Crippen MR) is 70.4 cm³/mol. The summed E-state index contributed by atoms with van der Waals surface area (Å²) in [6, 6.07) is 3.58. The monoisotopic (exact) mass is 267 g/mol. The van der Waals surface area contributed by atoms with Gasteiger partial charge in [0.05, 0.1) is 17.6 Å². The van der Waals surface area contributed by atoms with Crippen LogP contribution in [0.15, 0.2) is 18.3 Å². The van der Waals surface area contributed by atoms with Crippen molar-refractivity contribution in [3.05, 3.63) is 28.9 Å². The van der Waals surface area contributed by atoms with Gasteiger partial charge in [-0.1, -0.05) is 11.6 Å². The van der Waals surface area contributed by atoms with Gasteiger partial charge in [-0.3, -0.25) is 4.79 Å². The molecule has 2 rings (SSSR count). The SMILES string of the molecule is COc1ccc(Cl)c2c1c(CCC(=O)O)cn2C. The molecular formula is C13H14ClNO3. The van der Waals surface area contributed by atoms with Crippen molar-refractivity contribution < 1.29 is 14.6 Å². The minimum atomic E-state index is -0.812. The average molecular weight is 268 g/mol. The smallest absolute Gasteiger partial charge is 0.303 e. The maximum Gasteiger partial charge on any atom is 0.303 e. The third-order valence-corrected chi connectivity index (χ3v) is 3.25. The highest BCUT2D eigenvalue weighted by atomic mass is 35.5. The summed E-state index contributed by atoms with van der Waals surface area (Å²) in [5, 5.41) is 10.3. The predicted octanol–water partition coefficient (Wildman–Crippen LogP) is 2.86. The number of hydrogen-bond acceptors (Lipinski definition) is 2. The quantitative estimate of drug-likeness (QED) is 0.927. The van der Waals surface area contributed by atoms with Gasteiger partial charge in [0, 0.05) is 25.1 Å². The molecule has 1 aromatic carbocycles. The summed E-state index contributed by atoms with van der Waals surface area (Å²) in [5.74, 6) is -0.0941. The van der Waals surface area contributed by atoms with Crippen molar-refractivity contribution in [3.8, 4) is 5.75 Å². The van der Waals surface area contributed by atoms with Gasteiger partial charge in [0.2, 0.25) is 0 Å². The highest BCUT2D eigenvalue weighted by Crippen LogP contribution is 2.35. The third-order valence-electron chi connectivity index (χ3n) is 2.94. The number of carboxylic acids is 1. The van der Waals surface area contributed by atoms with Gasteiger partial charge in [-0.15, -0.1) is 0 Å². The van der Waals surface area contributed by atoms with Gasteiger partial charge in [0.25, 0.3) is 0 Å². The van der Waals surface area contributed by atoms with Crippen LogP contribution in [0.1, 0.15) is 12.0 Å². The zero-order chi connectivity index (χ0) is 13.3. The second kappa shape index (κ2) is 4.90. The number of aryl methyl sites for hydroxylation is 2. The highest BCUT2D eigenvalue weighted by molar-refractivity contribution is 6.35. The molecule has 0 aliphatic heterocycles. The Hall–Kier alpha value is -1.68. The van der Waals surface area contributed by atoms with Gasteiger partial charge >= 0.3 is 5.97 Å². The fourth-order valence-electron chi connectivity index (χ4n) is 2.17. The Morgan fingerprint density at radius 1 is 1.50 bits per heavy atom. The summed E-state index contributed by atoms with van der Waals surface area (Å²) in [5.41, 5.74) is 1.81. The second-order valence-corrected chi connectivity index (χ2v) is 4.54. The zero-order valence-corrected chi connectivity index (χ0v) is 11.0. The largest absolute Gasteiger partial charge is 0.496 e. The lowest BCUT2D eigenvalue weighted by Gasteiger charge is -2.06. The van der Waals surface area contributed by atoms with Crippen LogP contribution in [0.25, 0.3) is 10.9 Å². The van der Waals surface area contributed by atoms with E-state index in [0.717, 1.165) is 22.2 Å². The molecule has 2 aromatic rings. The van der Waals surface area contributed by atoms with Gasteiger partial charge in [-0.25, -0.2) is 0 Å². The minimum Gasteiger partial charge on any atom is -0.496 e. The number of methoxy groups -OCH3 is 1. The maximum atomic E-state index is 10.7. The van der Waals surface area contributed by atoms with E-state index >= 15 is 0 Å². The lowest BCUT2D eigenvalue weighted by atomic mass is 10.1. The molecule has 0 aliphatic carbocycles. The number of ether oxygens (including phenoxy) is 1. The summed E-state index contributed by atoms with van der Waals surface area (Å²) in [7, 11) is 3.48. The molecule has 5 heteroatoms. The average Bonchev–Trinajstić information content (AvgIpc) is 2.66. The number of carboxylic acid groups (broad SMARTS) is 1. The molecule has 1 heterocycles. The van der Waals surface area contributed by atoms with Crippen molar-refractivity contribution in [2.24, 2.45) is 7.05 Å². The standard InChI is InChI=1S/C13H14ClNO3/c1-15-7-8(3-6-11(16)17)12-10(18-2)5-4-9(14)13(12)15/h4-5,7H,3,6H2,1-2H3,(H,16,17). The van der Waals surface area contributed by atoms with Crippen LogP contribution in [-0.4, -0.2) is 22.8 Å². The van der Waals surface area contributed by atoms with Gasteiger partial charge in [0.15, 0.2) is 0 Å². The van der Waals surface area contributed by atoms with E-state index in [1.807, 2.05) is 17.8 Å². The van der Waals surface area contributed by atoms with Crippen LogP contribution in [0, 0.1) is 0 Å². The Bertz CT molecular complexity index is 604. The molecule has 18 heavy (non-hydrogen) atoms. The second-order valence-electron chi connectivity index (χ2n) is 4.13. The molecular weight excluding hydrogens is 254 g/mol. The Morgan fingerprint density at radius 3 is 2.83 bits per heavy atom. The van der Waals surface area contributed by atoms with Crippen molar-refractivity contribution in [1.82, 2.24) is 4.57 Å². The topological polar surface area (TPSA) is 51.5 Å². The molecule has 0 saturated heterocycles. The maximum absolute atomic E-state index is 10.7. The van der Waals surface area contributed by atoms with Crippen LogP contribution in [0.3, 0.4) is 0 Å². The summed E-state index contributed by atoms with van der Waals surface area (Å²) in [6.07, 6.45) is 2.46. The number of carbonyl (C=O) groups is 1. The van der Waals surface area contributed by atoms with Gasteiger partial charge < -0.3 is 14.4 Å². The van der Waals surface area contributed by atoms with Crippen molar-refractivity contribution in [2.75, 3.05) is 7.11 Å². The lowest BCUT2D eigenvalue weighted by Crippen LogP contribution is -1.97. The van der Waals surface area contributed by atoms with Crippen LogP contribution < -0.4 is 4.74 Å². The van der Waals surface area contributed by atoms with Crippen molar-refractivity contribution in [1.29, 1.82) is 0 Å². The normalized spacial score (nSPS) is 10.8. The molecule has 0 fully saturated rings. The van der Waals surface area contributed by atoms with Crippen molar-refractivity contribution in [2.45, 2.75) is 12.8 Å². The number of hydrogen-bond donors (Lipinski definition) is 1. The van der Waals surface area contributed by atoms with Gasteiger partial charge in [0.1, 0.15) is 5.75 Å². The van der Waals surface area contributed by atoms with E-state index < -0.39 is 5.97 Å². The highest BCUT2D eigenvalue weighted by Gasteiger charge is 2.15. The Morgan fingerprint density at radius 2 is 2.22 bits per heavy atom. The zero-order valence-electron chi connectivity index (χ0n) is 10.2. The molecule has 96 valence electrons. The third kappa shape index (κ3) is 2.16. The molecule has 0 atom stereocenters. The number of fused-ring (bicyclic) bond motifs is 1. The summed E-state index contributed by atoms with van der Waals surface area (Å²) >= 11 is 6.17. The number of halogens is 1. The first-order valence-electron chi connectivity index (χ1n) is 5.56. The summed E-state index contributed by atoms with van der Waals surface area (Å²) in [6.45, 7) is 0. The molecule has 0 saturated carbocycles. The van der Waals surface area contributed by atoms with E-state index in [0.29, 0.717) is 11.4 Å². The number of nitrogens with zero attached hydrogens (tertiary/aromatic N) is 1. The molecule has 0 amide bonds. The van der Waals surface area contributed by atoms with E-state index in [1.165, 1.54) is 0 Å². The minimum absolute atomic E-state index is 0.0920.